The molecule has 3 aromatic carbocycles. The van der Waals surface area contributed by atoms with E-state index < -0.39 is 0 Å². The van der Waals surface area contributed by atoms with Gasteiger partial charge in [0.1, 0.15) is 18.2 Å². The minimum absolute atomic E-state index is 0.0503. The number of para-hydroxylation sites is 1. The van der Waals surface area contributed by atoms with E-state index in [1.807, 2.05) is 58.2 Å². The van der Waals surface area contributed by atoms with Gasteiger partial charge in [0.25, 0.3) is 0 Å². The quantitative estimate of drug-likeness (QED) is 0.437. The lowest BCUT2D eigenvalue weighted by molar-refractivity contribution is -0.133. The summed E-state index contributed by atoms with van der Waals surface area (Å²) in [6.07, 6.45) is 2.72. The van der Waals surface area contributed by atoms with Crippen molar-refractivity contribution in [2.75, 3.05) is 26.4 Å². The van der Waals surface area contributed by atoms with Gasteiger partial charge in [-0.3, -0.25) is 9.48 Å². The minimum Gasteiger partial charge on any atom is -0.491 e. The number of rotatable bonds is 3. The van der Waals surface area contributed by atoms with Crippen molar-refractivity contribution in [3.05, 3.63) is 95.4 Å². The molecule has 0 saturated heterocycles. The molecule has 5 rings (SSSR count). The molecule has 4 aromatic rings. The lowest BCUT2D eigenvalue weighted by Crippen LogP contribution is -2.34. The standard InChI is InChI=1S/C28H28FN3O3/c29-25-8-9-27-24(18-25)17-21-4-3-5-22(16-21)20-31(12-13-34-14-15-35-27)28(33)10-11-32-26-7-2-1-6-23(26)19-30-32/h1-9,16,18-19H,10-15,17,20H2. The van der Waals surface area contributed by atoms with Crippen molar-refractivity contribution in [1.82, 2.24) is 14.7 Å². The maximum atomic E-state index is 13.9. The third-order valence-electron chi connectivity index (χ3n) is 6.21. The molecule has 1 amide bonds. The zero-order valence-corrected chi connectivity index (χ0v) is 19.5. The van der Waals surface area contributed by atoms with Crippen molar-refractivity contribution in [2.24, 2.45) is 0 Å². The van der Waals surface area contributed by atoms with Crippen LogP contribution in [0.1, 0.15) is 23.1 Å². The van der Waals surface area contributed by atoms with Gasteiger partial charge in [-0.05, 0) is 35.4 Å². The second-order valence-corrected chi connectivity index (χ2v) is 8.70. The normalized spacial score (nSPS) is 14.7. The lowest BCUT2D eigenvalue weighted by atomic mass is 10.0. The third kappa shape index (κ3) is 5.69. The summed E-state index contributed by atoms with van der Waals surface area (Å²) in [5, 5.41) is 5.50. The molecular weight excluding hydrogens is 445 g/mol. The molecule has 7 heteroatoms. The molecule has 2 bridgehead atoms. The number of hydrogen-bond acceptors (Lipinski definition) is 4. The van der Waals surface area contributed by atoms with Gasteiger partial charge in [0.2, 0.25) is 5.91 Å². The number of aryl methyl sites for hydroxylation is 1. The van der Waals surface area contributed by atoms with Crippen LogP contribution in [-0.2, 0) is 29.0 Å². The Hall–Kier alpha value is -3.71. The highest BCUT2D eigenvalue weighted by atomic mass is 19.1. The van der Waals surface area contributed by atoms with Crippen molar-refractivity contribution >= 4 is 16.8 Å². The van der Waals surface area contributed by atoms with Crippen LogP contribution in [0, 0.1) is 5.82 Å². The first-order chi connectivity index (χ1) is 17.2. The molecule has 180 valence electrons. The monoisotopic (exact) mass is 473 g/mol. The number of carbonyl (C=O) groups excluding carboxylic acids is 1. The first-order valence-electron chi connectivity index (χ1n) is 11.9. The van der Waals surface area contributed by atoms with Gasteiger partial charge in [-0.25, -0.2) is 4.39 Å². The van der Waals surface area contributed by atoms with Crippen molar-refractivity contribution in [2.45, 2.75) is 25.9 Å². The summed E-state index contributed by atoms with van der Waals surface area (Å²) in [7, 11) is 0. The van der Waals surface area contributed by atoms with E-state index in [9.17, 15) is 9.18 Å². The summed E-state index contributed by atoms with van der Waals surface area (Å²) in [6.45, 7) is 2.66. The first kappa shape index (κ1) is 23.1. The molecule has 1 aliphatic heterocycles. The van der Waals surface area contributed by atoms with E-state index in [1.165, 1.54) is 12.1 Å². The van der Waals surface area contributed by atoms with E-state index in [0.717, 1.165) is 27.6 Å². The molecule has 0 spiro atoms. The van der Waals surface area contributed by atoms with E-state index in [4.69, 9.17) is 9.47 Å². The molecule has 1 aliphatic rings. The van der Waals surface area contributed by atoms with Crippen molar-refractivity contribution in [3.8, 4) is 5.75 Å². The van der Waals surface area contributed by atoms with Crippen LogP contribution >= 0.6 is 0 Å². The molecule has 0 saturated carbocycles. The summed E-state index contributed by atoms with van der Waals surface area (Å²) < 4.78 is 27.4. The van der Waals surface area contributed by atoms with E-state index in [0.29, 0.717) is 58.0 Å². The van der Waals surface area contributed by atoms with Gasteiger partial charge in [-0.1, -0.05) is 42.5 Å². The molecule has 0 radical (unpaired) electrons. The van der Waals surface area contributed by atoms with Crippen LogP contribution in [0.3, 0.4) is 0 Å². The number of amides is 1. The Kier molecular flexibility index (Phi) is 7.04. The number of carbonyl (C=O) groups is 1. The van der Waals surface area contributed by atoms with Gasteiger partial charge in [0.15, 0.2) is 0 Å². The molecule has 35 heavy (non-hydrogen) atoms. The van der Waals surface area contributed by atoms with Crippen molar-refractivity contribution in [1.29, 1.82) is 0 Å². The molecular formula is C28H28FN3O3. The Labute approximate surface area is 203 Å². The third-order valence-corrected chi connectivity index (χ3v) is 6.21. The summed E-state index contributed by atoms with van der Waals surface area (Å²) in [6, 6.07) is 20.7. The topological polar surface area (TPSA) is 56.6 Å². The number of nitrogens with zero attached hydrogens (tertiary/aromatic N) is 3. The number of ether oxygens (including phenoxy) is 2. The fourth-order valence-corrected chi connectivity index (χ4v) is 4.45. The molecule has 0 unspecified atom stereocenters. The van der Waals surface area contributed by atoms with Gasteiger partial charge in [0.05, 0.1) is 31.5 Å². The van der Waals surface area contributed by atoms with E-state index in [-0.39, 0.29) is 11.7 Å². The number of halogens is 1. The highest BCUT2D eigenvalue weighted by molar-refractivity contribution is 5.79. The van der Waals surface area contributed by atoms with Crippen LogP contribution in [0.5, 0.6) is 5.75 Å². The van der Waals surface area contributed by atoms with E-state index >= 15 is 0 Å². The number of benzene rings is 3. The Morgan fingerprint density at radius 2 is 1.86 bits per heavy atom. The average Bonchev–Trinajstić information content (AvgIpc) is 3.28. The number of hydrogen-bond donors (Lipinski definition) is 0. The summed E-state index contributed by atoms with van der Waals surface area (Å²) in [4.78, 5) is 15.1. The minimum atomic E-state index is -0.289. The smallest absolute Gasteiger partial charge is 0.224 e. The van der Waals surface area contributed by atoms with Gasteiger partial charge >= 0.3 is 0 Å². The molecule has 6 nitrogen and oxygen atoms in total. The predicted octanol–water partition coefficient (Wildman–Crippen LogP) is 4.59. The SMILES string of the molecule is O=C(CCn1ncc2ccccc21)N1CCOCCOc2ccc(F)cc2Cc2cccc(c2)C1. The summed E-state index contributed by atoms with van der Waals surface area (Å²) in [5.41, 5.74) is 3.88. The largest absolute Gasteiger partial charge is 0.491 e. The average molecular weight is 474 g/mol. The van der Waals surface area contributed by atoms with Crippen LogP contribution in [-0.4, -0.2) is 47.0 Å². The van der Waals surface area contributed by atoms with Gasteiger partial charge in [-0.2, -0.15) is 5.10 Å². The Morgan fingerprint density at radius 1 is 0.971 bits per heavy atom. The highest BCUT2D eigenvalue weighted by Crippen LogP contribution is 2.24. The zero-order chi connectivity index (χ0) is 24.0. The second-order valence-electron chi connectivity index (χ2n) is 8.70. The number of aromatic nitrogens is 2. The first-order valence-corrected chi connectivity index (χ1v) is 11.9. The van der Waals surface area contributed by atoms with Crippen LogP contribution in [0.4, 0.5) is 4.39 Å². The zero-order valence-electron chi connectivity index (χ0n) is 19.5. The molecule has 0 N–H and O–H groups in total. The van der Waals surface area contributed by atoms with E-state index in [2.05, 4.69) is 11.2 Å². The molecule has 2 heterocycles. The van der Waals surface area contributed by atoms with E-state index in [1.54, 1.807) is 6.07 Å². The van der Waals surface area contributed by atoms with Crippen LogP contribution in [0.15, 0.2) is 72.9 Å². The van der Waals surface area contributed by atoms with Gasteiger partial charge in [-0.15, -0.1) is 0 Å². The second kappa shape index (κ2) is 10.7. The Balaban J connectivity index is 1.33. The molecule has 0 atom stereocenters. The van der Waals surface area contributed by atoms with Crippen molar-refractivity contribution in [3.63, 3.8) is 0 Å². The summed E-state index contributed by atoms with van der Waals surface area (Å²) in [5.74, 6) is 0.428. The van der Waals surface area contributed by atoms with Gasteiger partial charge in [0, 0.05) is 36.9 Å². The fourth-order valence-electron chi connectivity index (χ4n) is 4.45. The van der Waals surface area contributed by atoms with Crippen LogP contribution in [0.2, 0.25) is 0 Å². The maximum Gasteiger partial charge on any atom is 0.224 e. The number of fused-ring (bicyclic) bond motifs is 4. The molecule has 0 aliphatic carbocycles. The maximum absolute atomic E-state index is 13.9. The van der Waals surface area contributed by atoms with Crippen LogP contribution in [0.25, 0.3) is 10.9 Å². The lowest BCUT2D eigenvalue weighted by Gasteiger charge is -2.24. The van der Waals surface area contributed by atoms with Crippen molar-refractivity contribution < 1.29 is 18.7 Å². The highest BCUT2D eigenvalue weighted by Gasteiger charge is 2.16. The Bertz CT molecular complexity index is 1320. The molecule has 1 aromatic heterocycles. The predicted molar refractivity (Wildman–Crippen MR) is 132 cm³/mol. The molecule has 0 fully saturated rings. The summed E-state index contributed by atoms with van der Waals surface area (Å²) >= 11 is 0. The van der Waals surface area contributed by atoms with Gasteiger partial charge < -0.3 is 14.4 Å². The Morgan fingerprint density at radius 3 is 2.80 bits per heavy atom. The fraction of sp³-hybridized carbons (Fsp3) is 0.286. The van der Waals surface area contributed by atoms with Crippen LogP contribution < -0.4 is 4.74 Å².